The van der Waals surface area contributed by atoms with Gasteiger partial charge in [-0.05, 0) is 37.0 Å². The van der Waals surface area contributed by atoms with Gasteiger partial charge < -0.3 is 14.5 Å². The maximum atomic E-state index is 13.3. The normalized spacial score (nSPS) is 12.5. The molecule has 0 fully saturated rings. The molecule has 1 unspecified atom stereocenters. The zero-order valence-corrected chi connectivity index (χ0v) is 16.5. The molecule has 0 spiro atoms. The largest absolute Gasteiger partial charge is 0.481 e. The van der Waals surface area contributed by atoms with Crippen molar-refractivity contribution in [3.63, 3.8) is 0 Å². The maximum absolute atomic E-state index is 13.3. The van der Waals surface area contributed by atoms with Crippen molar-refractivity contribution in [2.45, 2.75) is 31.7 Å². The van der Waals surface area contributed by atoms with Gasteiger partial charge in [0.1, 0.15) is 18.1 Å². The van der Waals surface area contributed by atoms with Gasteiger partial charge in [0.05, 0.1) is 12.4 Å². The Kier molecular flexibility index (Phi) is 7.71. The number of hydrogen-bond acceptors (Lipinski definition) is 4. The van der Waals surface area contributed by atoms with Gasteiger partial charge in [-0.1, -0.05) is 47.6 Å². The Hall–Kier alpha value is -3.48. The summed E-state index contributed by atoms with van der Waals surface area (Å²) in [6, 6.07) is 15.9. The molecule has 0 aliphatic heterocycles. The molecule has 7 heteroatoms. The maximum Gasteiger partial charge on any atom is 0.303 e. The average molecular weight is 409 g/mol. The van der Waals surface area contributed by atoms with Gasteiger partial charge in [-0.3, -0.25) is 4.79 Å². The van der Waals surface area contributed by atoms with Crippen LogP contribution in [0.4, 0.5) is 4.39 Å². The molecule has 0 saturated heterocycles. The first-order valence-corrected chi connectivity index (χ1v) is 9.82. The second kappa shape index (κ2) is 10.9. The number of benzene rings is 2. The number of halogens is 1. The molecule has 6 nitrogen and oxygen atoms in total. The van der Waals surface area contributed by atoms with Gasteiger partial charge in [0.25, 0.3) is 0 Å². The van der Waals surface area contributed by atoms with Gasteiger partial charge in [0.2, 0.25) is 0 Å². The number of hydrogen-bond donors (Lipinski definition) is 1. The van der Waals surface area contributed by atoms with Crippen molar-refractivity contribution in [1.29, 1.82) is 0 Å². The van der Waals surface area contributed by atoms with E-state index in [-0.39, 0.29) is 18.3 Å². The highest BCUT2D eigenvalue weighted by atomic mass is 19.1. The van der Waals surface area contributed by atoms with E-state index in [4.69, 9.17) is 9.94 Å². The highest BCUT2D eigenvalue weighted by molar-refractivity contribution is 6.03. The Bertz CT molecular complexity index is 942. The Morgan fingerprint density at radius 2 is 1.90 bits per heavy atom. The second-order valence-corrected chi connectivity index (χ2v) is 6.88. The number of rotatable bonds is 11. The molecule has 3 rings (SSSR count). The predicted molar refractivity (Wildman–Crippen MR) is 112 cm³/mol. The number of nitrogens with zero attached hydrogens (tertiary/aromatic N) is 3. The summed E-state index contributed by atoms with van der Waals surface area (Å²) in [5.74, 6) is -1.09. The number of oxime groups is 1. The molecule has 0 radical (unpaired) electrons. The Labute approximate surface area is 174 Å². The van der Waals surface area contributed by atoms with Gasteiger partial charge >= 0.3 is 5.97 Å². The monoisotopic (exact) mass is 409 g/mol. The van der Waals surface area contributed by atoms with Crippen LogP contribution < -0.4 is 0 Å². The fraction of sp³-hybridized carbons (Fsp3) is 0.261. The molecule has 1 N–H and O–H groups in total. The molecule has 156 valence electrons. The number of carboxylic acid groups (broad SMARTS) is 1. The van der Waals surface area contributed by atoms with Gasteiger partial charge in [-0.15, -0.1) is 0 Å². The van der Waals surface area contributed by atoms with E-state index in [9.17, 15) is 9.18 Å². The molecule has 1 atom stereocenters. The molecule has 0 aliphatic carbocycles. The molecule has 0 bridgehead atoms. The number of aliphatic carboxylic acids is 1. The van der Waals surface area contributed by atoms with Crippen molar-refractivity contribution in [3.8, 4) is 0 Å². The van der Waals surface area contributed by atoms with E-state index in [2.05, 4.69) is 10.1 Å². The third-order valence-corrected chi connectivity index (χ3v) is 4.65. The third kappa shape index (κ3) is 6.27. The lowest BCUT2D eigenvalue weighted by Crippen LogP contribution is -2.22. The van der Waals surface area contributed by atoms with Crippen molar-refractivity contribution in [2.24, 2.45) is 5.16 Å². The van der Waals surface area contributed by atoms with Gasteiger partial charge in [-0.25, -0.2) is 9.37 Å². The molecule has 30 heavy (non-hydrogen) atoms. The first-order chi connectivity index (χ1) is 14.6. The predicted octanol–water partition coefficient (Wildman–Crippen LogP) is 4.48. The Balaban J connectivity index is 1.84. The topological polar surface area (TPSA) is 76.7 Å². The lowest BCUT2D eigenvalue weighted by Gasteiger charge is -2.21. The van der Waals surface area contributed by atoms with Gasteiger partial charge in [-0.2, -0.15) is 0 Å². The van der Waals surface area contributed by atoms with E-state index in [1.54, 1.807) is 24.7 Å². The third-order valence-electron chi connectivity index (χ3n) is 4.65. The van der Waals surface area contributed by atoms with Crippen LogP contribution in [0.15, 0.2) is 78.5 Å². The van der Waals surface area contributed by atoms with Crippen molar-refractivity contribution in [3.05, 3.63) is 90.3 Å². The summed E-state index contributed by atoms with van der Waals surface area (Å²) >= 11 is 0. The summed E-state index contributed by atoms with van der Waals surface area (Å²) in [6.07, 6.45) is 7.11. The molecule has 0 saturated carbocycles. The fourth-order valence-corrected chi connectivity index (χ4v) is 3.11. The highest BCUT2D eigenvalue weighted by Crippen LogP contribution is 2.21. The lowest BCUT2D eigenvalue weighted by atomic mass is 9.96. The van der Waals surface area contributed by atoms with Crippen LogP contribution in [0.1, 0.15) is 36.4 Å². The second-order valence-electron chi connectivity index (χ2n) is 6.88. The van der Waals surface area contributed by atoms with Crippen molar-refractivity contribution < 1.29 is 19.1 Å². The SMILES string of the molecule is O=C(O)CCCCON=C(c1ccccc1)C(Cc1ccc(F)cc1)n1ccnc1. The zero-order valence-electron chi connectivity index (χ0n) is 16.5. The van der Waals surface area contributed by atoms with Crippen LogP contribution in [0.5, 0.6) is 0 Å². The summed E-state index contributed by atoms with van der Waals surface area (Å²) in [4.78, 5) is 20.4. The van der Waals surface area contributed by atoms with E-state index < -0.39 is 5.97 Å². The summed E-state index contributed by atoms with van der Waals surface area (Å²) in [5, 5.41) is 13.2. The number of imidazole rings is 1. The molecule has 1 aromatic heterocycles. The summed E-state index contributed by atoms with van der Waals surface area (Å²) in [6.45, 7) is 0.330. The van der Waals surface area contributed by atoms with Crippen LogP contribution in [0.25, 0.3) is 0 Å². The van der Waals surface area contributed by atoms with Crippen LogP contribution in [0.3, 0.4) is 0 Å². The van der Waals surface area contributed by atoms with Crippen LogP contribution in [0, 0.1) is 5.82 Å². The van der Waals surface area contributed by atoms with Gasteiger partial charge in [0.15, 0.2) is 0 Å². The number of unbranched alkanes of at least 4 members (excludes halogenated alkanes) is 1. The minimum absolute atomic E-state index is 0.112. The van der Waals surface area contributed by atoms with Crippen molar-refractivity contribution in [2.75, 3.05) is 6.61 Å². The molecule has 1 heterocycles. The molecular formula is C23H24FN3O3. The molecule has 2 aromatic carbocycles. The van der Waals surface area contributed by atoms with Crippen LogP contribution in [-0.2, 0) is 16.1 Å². The summed E-state index contributed by atoms with van der Waals surface area (Å²) in [5.41, 5.74) is 2.58. The minimum atomic E-state index is -0.817. The van der Waals surface area contributed by atoms with Crippen molar-refractivity contribution >= 4 is 11.7 Å². The molecule has 0 amide bonds. The Morgan fingerprint density at radius 3 is 2.57 bits per heavy atom. The van der Waals surface area contributed by atoms with Crippen LogP contribution >= 0.6 is 0 Å². The van der Waals surface area contributed by atoms with E-state index in [0.717, 1.165) is 16.8 Å². The Morgan fingerprint density at radius 1 is 1.13 bits per heavy atom. The van der Waals surface area contributed by atoms with Gasteiger partial charge in [0, 0.05) is 24.4 Å². The molecular weight excluding hydrogens is 385 g/mol. The summed E-state index contributed by atoms with van der Waals surface area (Å²) in [7, 11) is 0. The van der Waals surface area contributed by atoms with E-state index in [1.807, 2.05) is 41.1 Å². The average Bonchev–Trinajstić information content (AvgIpc) is 3.28. The molecule has 3 aromatic rings. The van der Waals surface area contributed by atoms with Crippen LogP contribution in [-0.4, -0.2) is 32.9 Å². The first-order valence-electron chi connectivity index (χ1n) is 9.82. The quantitative estimate of drug-likeness (QED) is 0.288. The van der Waals surface area contributed by atoms with Crippen LogP contribution in [0.2, 0.25) is 0 Å². The zero-order chi connectivity index (χ0) is 21.2. The highest BCUT2D eigenvalue weighted by Gasteiger charge is 2.21. The van der Waals surface area contributed by atoms with Crippen molar-refractivity contribution in [1.82, 2.24) is 9.55 Å². The van der Waals surface area contributed by atoms with E-state index in [0.29, 0.717) is 25.9 Å². The number of carbonyl (C=O) groups is 1. The number of aromatic nitrogens is 2. The molecule has 0 aliphatic rings. The first kappa shape index (κ1) is 21.2. The standard InChI is InChI=1S/C23H24FN3O3/c24-20-11-9-18(10-12-20)16-21(27-14-13-25-17-27)23(19-6-2-1-3-7-19)26-30-15-5-4-8-22(28)29/h1-3,6-7,9-14,17,21H,4-5,8,15-16H2,(H,28,29). The minimum Gasteiger partial charge on any atom is -0.481 e. The summed E-state index contributed by atoms with van der Waals surface area (Å²) < 4.78 is 15.3. The lowest BCUT2D eigenvalue weighted by molar-refractivity contribution is -0.137. The van der Waals surface area contributed by atoms with E-state index >= 15 is 0 Å². The fourth-order valence-electron chi connectivity index (χ4n) is 3.11. The smallest absolute Gasteiger partial charge is 0.303 e. The number of carboxylic acids is 1. The van der Waals surface area contributed by atoms with E-state index in [1.165, 1.54) is 12.1 Å².